The highest BCUT2D eigenvalue weighted by Crippen LogP contribution is 2.26. The number of carbonyl (C=O) groups is 1. The number of hydrazine groups is 1. The average molecular weight is 402 g/mol. The van der Waals surface area contributed by atoms with E-state index in [4.69, 9.17) is 0 Å². The zero-order chi connectivity index (χ0) is 19.8. The number of anilines is 1. The third-order valence-corrected chi connectivity index (χ3v) is 7.83. The number of hydrogen-bond acceptors (Lipinski definition) is 5. The minimum absolute atomic E-state index is 0.180. The van der Waals surface area contributed by atoms with Gasteiger partial charge in [-0.15, -0.1) is 0 Å². The van der Waals surface area contributed by atoms with E-state index in [-0.39, 0.29) is 42.7 Å². The molecular formula is C17H24F2N4O3S. The van der Waals surface area contributed by atoms with Crippen molar-refractivity contribution in [3.05, 3.63) is 29.8 Å². The maximum absolute atomic E-state index is 13.3. The first-order chi connectivity index (χ1) is 12.7. The molecule has 27 heavy (non-hydrogen) atoms. The molecule has 2 heterocycles. The van der Waals surface area contributed by atoms with Crippen LogP contribution in [0.2, 0.25) is 0 Å². The molecule has 1 amide bonds. The molecule has 2 fully saturated rings. The molecule has 2 aliphatic rings. The Bertz CT molecular complexity index is 802. The maximum Gasteiger partial charge on any atom is 0.227 e. The minimum atomic E-state index is -3.49. The largest absolute Gasteiger partial charge is 0.326 e. The van der Waals surface area contributed by atoms with Gasteiger partial charge < -0.3 is 5.32 Å². The fourth-order valence-electron chi connectivity index (χ4n) is 3.74. The van der Waals surface area contributed by atoms with Gasteiger partial charge in [-0.1, -0.05) is 0 Å². The monoisotopic (exact) mass is 402 g/mol. The SMILES string of the molecule is CC1NNC(C)C1S(=O)(=O)N1CCC(C(=O)Nc2ccc(F)c(F)c2)CC1. The second-order valence-corrected chi connectivity index (χ2v) is 9.26. The van der Waals surface area contributed by atoms with Crippen LogP contribution in [-0.2, 0) is 14.8 Å². The summed E-state index contributed by atoms with van der Waals surface area (Å²) >= 11 is 0. The molecule has 2 atom stereocenters. The molecule has 2 aliphatic heterocycles. The van der Waals surface area contributed by atoms with Crippen LogP contribution >= 0.6 is 0 Å². The number of hydrogen-bond donors (Lipinski definition) is 3. The van der Waals surface area contributed by atoms with E-state index in [1.807, 2.05) is 13.8 Å². The van der Waals surface area contributed by atoms with Gasteiger partial charge in [0.2, 0.25) is 15.9 Å². The van der Waals surface area contributed by atoms with Gasteiger partial charge in [-0.25, -0.2) is 21.5 Å². The Balaban J connectivity index is 1.59. The predicted molar refractivity (Wildman–Crippen MR) is 97.2 cm³/mol. The van der Waals surface area contributed by atoms with Crippen LogP contribution < -0.4 is 16.2 Å². The zero-order valence-corrected chi connectivity index (χ0v) is 16.0. The van der Waals surface area contributed by atoms with Gasteiger partial charge in [0.05, 0.1) is 0 Å². The van der Waals surface area contributed by atoms with Crippen molar-refractivity contribution >= 4 is 21.6 Å². The highest BCUT2D eigenvalue weighted by molar-refractivity contribution is 7.89. The summed E-state index contributed by atoms with van der Waals surface area (Å²) in [5.41, 5.74) is 6.08. The summed E-state index contributed by atoms with van der Waals surface area (Å²) in [5.74, 6) is -2.70. The summed E-state index contributed by atoms with van der Waals surface area (Å²) in [6.45, 7) is 4.16. The number of halogens is 2. The van der Waals surface area contributed by atoms with Crippen molar-refractivity contribution in [2.24, 2.45) is 5.92 Å². The second-order valence-electron chi connectivity index (χ2n) is 7.17. The Labute approximate surface area is 157 Å². The lowest BCUT2D eigenvalue weighted by molar-refractivity contribution is -0.120. The van der Waals surface area contributed by atoms with Crippen molar-refractivity contribution < 1.29 is 22.0 Å². The number of nitrogens with zero attached hydrogens (tertiary/aromatic N) is 1. The van der Waals surface area contributed by atoms with E-state index in [0.717, 1.165) is 12.1 Å². The van der Waals surface area contributed by atoms with Crippen molar-refractivity contribution in [3.8, 4) is 0 Å². The van der Waals surface area contributed by atoms with Crippen molar-refractivity contribution in [2.75, 3.05) is 18.4 Å². The van der Waals surface area contributed by atoms with E-state index in [0.29, 0.717) is 12.8 Å². The smallest absolute Gasteiger partial charge is 0.227 e. The number of piperidine rings is 1. The van der Waals surface area contributed by atoms with Crippen LogP contribution in [0.25, 0.3) is 0 Å². The molecule has 0 radical (unpaired) electrons. The van der Waals surface area contributed by atoms with Gasteiger partial charge in [-0.3, -0.25) is 15.6 Å². The summed E-state index contributed by atoms with van der Waals surface area (Å²) in [6.07, 6.45) is 0.760. The van der Waals surface area contributed by atoms with Crippen LogP contribution in [-0.4, -0.2) is 49.1 Å². The minimum Gasteiger partial charge on any atom is -0.326 e. The topological polar surface area (TPSA) is 90.5 Å². The number of carbonyl (C=O) groups excluding carboxylic acids is 1. The van der Waals surface area contributed by atoms with Crippen molar-refractivity contribution in [1.29, 1.82) is 0 Å². The van der Waals surface area contributed by atoms with Gasteiger partial charge in [0.15, 0.2) is 11.6 Å². The van der Waals surface area contributed by atoms with Gasteiger partial charge in [0.25, 0.3) is 0 Å². The molecule has 0 aliphatic carbocycles. The second kappa shape index (κ2) is 7.78. The van der Waals surface area contributed by atoms with Gasteiger partial charge >= 0.3 is 0 Å². The molecule has 0 aromatic heterocycles. The molecule has 1 aromatic carbocycles. The summed E-state index contributed by atoms with van der Waals surface area (Å²) < 4.78 is 53.5. The van der Waals surface area contributed by atoms with E-state index in [9.17, 15) is 22.0 Å². The molecule has 7 nitrogen and oxygen atoms in total. The molecule has 10 heteroatoms. The first-order valence-electron chi connectivity index (χ1n) is 8.96. The quantitative estimate of drug-likeness (QED) is 0.704. The van der Waals surface area contributed by atoms with E-state index in [1.165, 1.54) is 10.4 Å². The van der Waals surface area contributed by atoms with Crippen LogP contribution in [0.3, 0.4) is 0 Å². The molecule has 3 N–H and O–H groups in total. The van der Waals surface area contributed by atoms with Gasteiger partial charge in [-0.2, -0.15) is 0 Å². The standard InChI is InChI=1S/C17H24F2N4O3S/c1-10-16(11(2)22-21-10)27(25,26)23-7-5-12(6-8-23)17(24)20-13-3-4-14(18)15(19)9-13/h3-4,9-12,16,21-22H,5-8H2,1-2H3,(H,20,24). The Morgan fingerprint density at radius 1 is 1.11 bits per heavy atom. The lowest BCUT2D eigenvalue weighted by atomic mass is 9.97. The number of benzene rings is 1. The van der Waals surface area contributed by atoms with E-state index in [2.05, 4.69) is 16.2 Å². The van der Waals surface area contributed by atoms with Gasteiger partial charge in [0, 0.05) is 42.8 Å². The molecule has 1 aromatic rings. The third kappa shape index (κ3) is 4.13. The van der Waals surface area contributed by atoms with E-state index >= 15 is 0 Å². The first kappa shape index (κ1) is 20.1. The number of rotatable bonds is 4. The predicted octanol–water partition coefficient (Wildman–Crippen LogP) is 1.20. The van der Waals surface area contributed by atoms with Crippen LogP contribution in [0.5, 0.6) is 0 Å². The Kier molecular flexibility index (Phi) is 5.80. The zero-order valence-electron chi connectivity index (χ0n) is 15.2. The van der Waals surface area contributed by atoms with Crippen LogP contribution in [0.4, 0.5) is 14.5 Å². The fraction of sp³-hybridized carbons (Fsp3) is 0.588. The fourth-order valence-corrected chi connectivity index (χ4v) is 5.97. The molecule has 0 spiro atoms. The number of amides is 1. The molecule has 0 saturated carbocycles. The number of nitrogens with one attached hydrogen (secondary N) is 3. The van der Waals surface area contributed by atoms with E-state index in [1.54, 1.807) is 0 Å². The summed E-state index contributed by atoms with van der Waals surface area (Å²) in [4.78, 5) is 12.4. The molecular weight excluding hydrogens is 378 g/mol. The molecule has 0 bridgehead atoms. The van der Waals surface area contributed by atoms with Crippen LogP contribution in [0, 0.1) is 17.6 Å². The average Bonchev–Trinajstić information content (AvgIpc) is 2.97. The lowest BCUT2D eigenvalue weighted by Gasteiger charge is -2.33. The Morgan fingerprint density at radius 2 is 1.70 bits per heavy atom. The van der Waals surface area contributed by atoms with Crippen molar-refractivity contribution in [3.63, 3.8) is 0 Å². The van der Waals surface area contributed by atoms with Gasteiger partial charge in [-0.05, 0) is 38.8 Å². The normalized spacial score (nSPS) is 27.6. The first-order valence-corrected chi connectivity index (χ1v) is 10.5. The summed E-state index contributed by atoms with van der Waals surface area (Å²) in [7, 11) is -3.49. The van der Waals surface area contributed by atoms with E-state index < -0.39 is 26.9 Å². The summed E-state index contributed by atoms with van der Waals surface area (Å²) in [6, 6.07) is 2.75. The van der Waals surface area contributed by atoms with Gasteiger partial charge in [0.1, 0.15) is 5.25 Å². The van der Waals surface area contributed by atoms with Crippen LogP contribution in [0.15, 0.2) is 18.2 Å². The van der Waals surface area contributed by atoms with Crippen LogP contribution in [0.1, 0.15) is 26.7 Å². The Morgan fingerprint density at radius 3 is 2.26 bits per heavy atom. The molecule has 2 saturated heterocycles. The van der Waals surface area contributed by atoms with Crippen molar-refractivity contribution in [1.82, 2.24) is 15.2 Å². The molecule has 3 rings (SSSR count). The van der Waals surface area contributed by atoms with Crippen molar-refractivity contribution in [2.45, 2.75) is 44.0 Å². The maximum atomic E-state index is 13.3. The summed E-state index contributed by atoms with van der Waals surface area (Å²) in [5, 5.41) is 2.00. The lowest BCUT2D eigenvalue weighted by Crippen LogP contribution is -2.50. The molecule has 150 valence electrons. The highest BCUT2D eigenvalue weighted by Gasteiger charge is 2.44. The Hall–Kier alpha value is -1.62. The number of sulfonamides is 1. The third-order valence-electron chi connectivity index (χ3n) is 5.24. The highest BCUT2D eigenvalue weighted by atomic mass is 32.2. The molecule has 2 unspecified atom stereocenters.